The van der Waals surface area contributed by atoms with Crippen LogP contribution in [0.15, 0.2) is 103 Å². The minimum absolute atomic E-state index is 0.00104. The molecule has 0 aliphatic carbocycles. The second kappa shape index (κ2) is 14.8. The zero-order valence-corrected chi connectivity index (χ0v) is 25.5. The number of nitrogens with one attached hydrogen (secondary N) is 1. The highest BCUT2D eigenvalue weighted by Crippen LogP contribution is 2.39. The molecular formula is C36H35N3O5S. The number of amides is 1. The van der Waals surface area contributed by atoms with Crippen molar-refractivity contribution in [1.29, 1.82) is 0 Å². The van der Waals surface area contributed by atoms with Crippen molar-refractivity contribution in [3.63, 3.8) is 0 Å². The van der Waals surface area contributed by atoms with Gasteiger partial charge in [0.25, 0.3) is 5.91 Å². The van der Waals surface area contributed by atoms with Gasteiger partial charge in [-0.1, -0.05) is 84.9 Å². The molecule has 3 atom stereocenters. The molecule has 3 N–H and O–H groups in total. The van der Waals surface area contributed by atoms with Gasteiger partial charge in [0.15, 0.2) is 6.29 Å². The van der Waals surface area contributed by atoms with Crippen LogP contribution in [0.25, 0.3) is 22.2 Å². The summed E-state index contributed by atoms with van der Waals surface area (Å²) in [6.07, 6.45) is 1.46. The molecule has 2 heterocycles. The largest absolute Gasteiger partial charge is 0.396 e. The maximum absolute atomic E-state index is 12.9. The smallest absolute Gasteiger partial charge is 0.271 e. The van der Waals surface area contributed by atoms with Crippen LogP contribution in [-0.4, -0.2) is 50.3 Å². The van der Waals surface area contributed by atoms with E-state index in [9.17, 15) is 15.0 Å². The maximum Gasteiger partial charge on any atom is 0.271 e. The van der Waals surface area contributed by atoms with E-state index in [1.807, 2.05) is 97.1 Å². The van der Waals surface area contributed by atoms with E-state index in [4.69, 9.17) is 9.47 Å². The lowest BCUT2D eigenvalue weighted by Gasteiger charge is -2.36. The molecule has 0 unspecified atom stereocenters. The SMILES string of the molecule is O=C(NCc1ccccc1-c1ccc([C@H]2O[C@@H](CSCCO)C[C@@H](c3ccc(CO)cc3)O2)cc1)c1cnc2ccccc2n1. The van der Waals surface area contributed by atoms with Crippen LogP contribution >= 0.6 is 11.8 Å². The van der Waals surface area contributed by atoms with Crippen molar-refractivity contribution in [1.82, 2.24) is 15.3 Å². The van der Waals surface area contributed by atoms with Crippen molar-refractivity contribution < 1.29 is 24.5 Å². The van der Waals surface area contributed by atoms with E-state index >= 15 is 0 Å². The summed E-state index contributed by atoms with van der Waals surface area (Å²) < 4.78 is 12.9. The first-order valence-corrected chi connectivity index (χ1v) is 16.1. The summed E-state index contributed by atoms with van der Waals surface area (Å²) in [7, 11) is 0. The average Bonchev–Trinajstić information content (AvgIpc) is 3.10. The highest BCUT2D eigenvalue weighted by Gasteiger charge is 2.32. The quantitative estimate of drug-likeness (QED) is 0.154. The zero-order valence-electron chi connectivity index (χ0n) is 24.7. The molecule has 1 amide bonds. The molecule has 9 heteroatoms. The third-order valence-corrected chi connectivity index (χ3v) is 8.86. The second-order valence-electron chi connectivity index (χ2n) is 10.9. The standard InChI is InChI=1S/C36H35N3O5S/c40-17-18-45-23-29-19-34(26-11-9-24(22-41)10-12-26)44-36(43-29)27-15-13-25(14-16-27)30-6-2-1-5-28(30)20-38-35(42)33-21-37-31-7-3-4-8-32(31)39-33/h1-16,21,29,34,36,40-41H,17-20,22-23H2,(H,38,42)/t29-,34+,36+/m1/s1. The number of ether oxygens (including phenoxy) is 2. The molecule has 1 aliphatic rings. The fourth-order valence-electron chi connectivity index (χ4n) is 5.41. The first-order valence-electron chi connectivity index (χ1n) is 15.0. The number of nitrogens with zero attached hydrogens (tertiary/aromatic N) is 2. The molecule has 230 valence electrons. The van der Waals surface area contributed by atoms with Crippen molar-refractivity contribution in [2.75, 3.05) is 18.1 Å². The lowest BCUT2D eigenvalue weighted by atomic mass is 9.97. The van der Waals surface area contributed by atoms with Crippen molar-refractivity contribution in [3.8, 4) is 11.1 Å². The summed E-state index contributed by atoms with van der Waals surface area (Å²) in [4.78, 5) is 21.7. The number of aromatic nitrogens is 2. The number of aliphatic hydroxyl groups excluding tert-OH is 2. The first-order chi connectivity index (χ1) is 22.1. The van der Waals surface area contributed by atoms with Gasteiger partial charge in [-0.2, -0.15) is 11.8 Å². The number of thioether (sulfide) groups is 1. The highest BCUT2D eigenvalue weighted by atomic mass is 32.2. The van der Waals surface area contributed by atoms with Crippen molar-refractivity contribution in [2.24, 2.45) is 0 Å². The Kier molecular flexibility index (Phi) is 10.1. The van der Waals surface area contributed by atoms with E-state index < -0.39 is 6.29 Å². The third-order valence-electron chi connectivity index (χ3n) is 7.79. The van der Waals surface area contributed by atoms with E-state index in [1.54, 1.807) is 11.8 Å². The molecule has 0 spiro atoms. The number of para-hydroxylation sites is 2. The van der Waals surface area contributed by atoms with Gasteiger partial charge in [-0.15, -0.1) is 0 Å². The van der Waals surface area contributed by atoms with E-state index in [-0.39, 0.29) is 37.0 Å². The summed E-state index contributed by atoms with van der Waals surface area (Å²) in [5, 5.41) is 21.7. The first kappa shape index (κ1) is 30.9. The van der Waals surface area contributed by atoms with Crippen LogP contribution in [-0.2, 0) is 22.6 Å². The number of hydrogen-bond donors (Lipinski definition) is 3. The Bertz CT molecular complexity index is 1730. The Morgan fingerprint density at radius 1 is 0.867 bits per heavy atom. The Labute approximate surface area is 266 Å². The van der Waals surface area contributed by atoms with Crippen molar-refractivity contribution in [2.45, 2.75) is 38.1 Å². The lowest BCUT2D eigenvalue weighted by Crippen LogP contribution is -2.31. The molecule has 1 fully saturated rings. The van der Waals surface area contributed by atoms with E-state index in [0.717, 1.165) is 44.7 Å². The van der Waals surface area contributed by atoms with E-state index in [1.165, 1.54) is 6.20 Å². The Hall–Kier alpha value is -4.12. The average molecular weight is 622 g/mol. The number of fused-ring (bicyclic) bond motifs is 1. The van der Waals surface area contributed by atoms with Gasteiger partial charge in [-0.25, -0.2) is 4.98 Å². The molecule has 1 saturated heterocycles. The normalized spacial score (nSPS) is 18.1. The van der Waals surface area contributed by atoms with Gasteiger partial charge in [-0.05, 0) is 39.9 Å². The zero-order chi connectivity index (χ0) is 31.0. The number of benzene rings is 4. The van der Waals surface area contributed by atoms with Gasteiger partial charge in [-0.3, -0.25) is 9.78 Å². The van der Waals surface area contributed by atoms with Gasteiger partial charge in [0.1, 0.15) is 5.69 Å². The predicted octanol–water partition coefficient (Wildman–Crippen LogP) is 5.99. The summed E-state index contributed by atoms with van der Waals surface area (Å²) in [6, 6.07) is 31.4. The number of carbonyl (C=O) groups excluding carboxylic acids is 1. The predicted molar refractivity (Wildman–Crippen MR) is 175 cm³/mol. The summed E-state index contributed by atoms with van der Waals surface area (Å²) in [5.41, 5.74) is 7.51. The minimum atomic E-state index is -0.548. The van der Waals surface area contributed by atoms with Crippen LogP contribution in [0, 0.1) is 0 Å². The van der Waals surface area contributed by atoms with E-state index in [2.05, 4.69) is 15.3 Å². The number of aliphatic hydroxyl groups is 2. The molecule has 4 aromatic carbocycles. The summed E-state index contributed by atoms with van der Waals surface area (Å²) in [5.74, 6) is 1.14. The third kappa shape index (κ3) is 7.58. The Morgan fingerprint density at radius 3 is 2.38 bits per heavy atom. The van der Waals surface area contributed by atoms with Crippen LogP contribution in [0.5, 0.6) is 0 Å². The fraction of sp³-hybridized carbons (Fsp3) is 0.250. The van der Waals surface area contributed by atoms with Crippen LogP contribution in [0.2, 0.25) is 0 Å². The molecule has 1 aromatic heterocycles. The number of carbonyl (C=O) groups is 1. The number of hydrogen-bond acceptors (Lipinski definition) is 8. The molecular weight excluding hydrogens is 586 g/mol. The number of rotatable bonds is 11. The van der Waals surface area contributed by atoms with Crippen LogP contribution in [0.1, 0.15) is 51.6 Å². The van der Waals surface area contributed by atoms with Gasteiger partial charge in [0, 0.05) is 30.0 Å². The van der Waals surface area contributed by atoms with Gasteiger partial charge in [0.2, 0.25) is 0 Å². The maximum atomic E-state index is 12.9. The minimum Gasteiger partial charge on any atom is -0.396 e. The van der Waals surface area contributed by atoms with Gasteiger partial charge in [0.05, 0.1) is 42.7 Å². The molecule has 6 rings (SSSR count). The fourth-order valence-corrected chi connectivity index (χ4v) is 6.18. The molecule has 0 bridgehead atoms. The molecule has 0 saturated carbocycles. The van der Waals surface area contributed by atoms with Gasteiger partial charge >= 0.3 is 0 Å². The monoisotopic (exact) mass is 621 g/mol. The molecule has 0 radical (unpaired) electrons. The Balaban J connectivity index is 1.16. The molecule has 5 aromatic rings. The molecule has 45 heavy (non-hydrogen) atoms. The summed E-state index contributed by atoms with van der Waals surface area (Å²) in [6.45, 7) is 0.469. The highest BCUT2D eigenvalue weighted by molar-refractivity contribution is 7.99. The Morgan fingerprint density at radius 2 is 1.60 bits per heavy atom. The topological polar surface area (TPSA) is 114 Å². The van der Waals surface area contributed by atoms with Crippen LogP contribution in [0.3, 0.4) is 0 Å². The lowest BCUT2D eigenvalue weighted by molar-refractivity contribution is -0.245. The van der Waals surface area contributed by atoms with Gasteiger partial charge < -0.3 is 25.0 Å². The summed E-state index contributed by atoms with van der Waals surface area (Å²) >= 11 is 1.67. The van der Waals surface area contributed by atoms with Crippen LogP contribution < -0.4 is 5.32 Å². The molecule has 8 nitrogen and oxygen atoms in total. The van der Waals surface area contributed by atoms with Crippen molar-refractivity contribution >= 4 is 28.7 Å². The molecule has 1 aliphatic heterocycles. The van der Waals surface area contributed by atoms with Crippen molar-refractivity contribution in [3.05, 3.63) is 131 Å². The second-order valence-corrected chi connectivity index (χ2v) is 12.0. The van der Waals surface area contributed by atoms with Crippen LogP contribution in [0.4, 0.5) is 0 Å². The van der Waals surface area contributed by atoms with E-state index in [0.29, 0.717) is 24.2 Å².